The minimum absolute atomic E-state index is 0.875. The highest BCUT2D eigenvalue weighted by Crippen LogP contribution is 2.30. The van der Waals surface area contributed by atoms with Crippen molar-refractivity contribution in [2.24, 2.45) is 0 Å². The van der Waals surface area contributed by atoms with Crippen LogP contribution < -0.4 is 4.74 Å². The Balaban J connectivity index is 2.01. The Morgan fingerprint density at radius 2 is 2.05 bits per heavy atom. The molecule has 0 saturated carbocycles. The number of benzene rings is 1. The first-order chi connectivity index (χ1) is 10.7. The summed E-state index contributed by atoms with van der Waals surface area (Å²) in [7, 11) is 1.69. The molecule has 3 aromatic heterocycles. The number of methoxy groups -OCH3 is 1. The third-order valence-electron chi connectivity index (χ3n) is 4.02. The summed E-state index contributed by atoms with van der Waals surface area (Å²) in [5.41, 5.74) is 7.01. The Bertz CT molecular complexity index is 997. The monoisotopic (exact) mass is 292 g/mol. The average Bonchev–Trinajstić information content (AvgIpc) is 3.13. The predicted molar refractivity (Wildman–Crippen MR) is 86.3 cm³/mol. The smallest absolute Gasteiger partial charge is 0.154 e. The van der Waals surface area contributed by atoms with Crippen molar-refractivity contribution in [3.63, 3.8) is 0 Å². The van der Waals surface area contributed by atoms with Crippen LogP contribution in [-0.2, 0) is 0 Å². The van der Waals surface area contributed by atoms with E-state index in [9.17, 15) is 0 Å². The number of aryl methyl sites for hydroxylation is 2. The Morgan fingerprint density at radius 3 is 2.82 bits per heavy atom. The van der Waals surface area contributed by atoms with E-state index in [0.717, 1.165) is 44.9 Å². The fraction of sp³-hybridized carbons (Fsp3) is 0.176. The third-order valence-corrected chi connectivity index (χ3v) is 4.02. The highest BCUT2D eigenvalue weighted by molar-refractivity contribution is 5.85. The van der Waals surface area contributed by atoms with E-state index >= 15 is 0 Å². The second-order valence-corrected chi connectivity index (χ2v) is 5.40. The molecule has 4 aromatic rings. The zero-order valence-corrected chi connectivity index (χ0v) is 12.7. The summed E-state index contributed by atoms with van der Waals surface area (Å²) in [6, 6.07) is 8.13. The minimum atomic E-state index is 0.875. The Hall–Kier alpha value is -2.82. The number of nitrogens with zero attached hydrogens (tertiary/aromatic N) is 3. The van der Waals surface area contributed by atoms with E-state index in [2.05, 4.69) is 25.4 Å². The topological polar surface area (TPSA) is 55.2 Å². The first kappa shape index (κ1) is 12.9. The van der Waals surface area contributed by atoms with Gasteiger partial charge in [0.05, 0.1) is 29.5 Å². The lowest BCUT2D eigenvalue weighted by atomic mass is 10.1. The lowest BCUT2D eigenvalue weighted by Crippen LogP contribution is -1.94. The molecule has 0 aliphatic rings. The molecule has 0 aliphatic carbocycles. The molecule has 5 nitrogen and oxygen atoms in total. The van der Waals surface area contributed by atoms with Gasteiger partial charge in [-0.15, -0.1) is 0 Å². The first-order valence-corrected chi connectivity index (χ1v) is 7.15. The molecule has 0 radical (unpaired) electrons. The molecule has 1 N–H and O–H groups in total. The molecule has 0 aliphatic heterocycles. The molecule has 0 fully saturated rings. The van der Waals surface area contributed by atoms with Crippen LogP contribution in [0.4, 0.5) is 0 Å². The normalized spacial score (nSPS) is 11.4. The number of aromatic nitrogens is 4. The van der Waals surface area contributed by atoms with Crippen LogP contribution in [0.1, 0.15) is 11.3 Å². The minimum Gasteiger partial charge on any atom is -0.496 e. The van der Waals surface area contributed by atoms with Crippen LogP contribution in [-0.4, -0.2) is 26.5 Å². The quantitative estimate of drug-likeness (QED) is 0.615. The van der Waals surface area contributed by atoms with Crippen molar-refractivity contribution in [1.29, 1.82) is 0 Å². The highest BCUT2D eigenvalue weighted by Gasteiger charge is 2.14. The number of fused-ring (bicyclic) bond motifs is 3. The van der Waals surface area contributed by atoms with E-state index in [0.29, 0.717) is 0 Å². The van der Waals surface area contributed by atoms with Gasteiger partial charge in [-0.25, -0.2) is 9.97 Å². The van der Waals surface area contributed by atoms with Crippen molar-refractivity contribution >= 4 is 16.7 Å². The molecule has 1 aromatic carbocycles. The number of hydrogen-bond acceptors (Lipinski definition) is 3. The van der Waals surface area contributed by atoms with Crippen LogP contribution >= 0.6 is 0 Å². The van der Waals surface area contributed by atoms with Crippen LogP contribution in [0.25, 0.3) is 27.9 Å². The standard InChI is InChI=1S/C17H16N4O/c1-10-8-12(4-5-14(10)22-3)15-16-11(2)20-17-13(6-7-18-17)21(16)9-19-15/h4-9,18H,1-3H3. The van der Waals surface area contributed by atoms with Crippen molar-refractivity contribution in [3.05, 3.63) is 48.0 Å². The van der Waals surface area contributed by atoms with Gasteiger partial charge in [0.1, 0.15) is 12.1 Å². The molecule has 0 bridgehead atoms. The first-order valence-electron chi connectivity index (χ1n) is 7.15. The predicted octanol–water partition coefficient (Wildman–Crippen LogP) is 3.50. The van der Waals surface area contributed by atoms with Gasteiger partial charge in [-0.1, -0.05) is 0 Å². The van der Waals surface area contributed by atoms with Gasteiger partial charge in [-0.05, 0) is 43.7 Å². The van der Waals surface area contributed by atoms with Crippen molar-refractivity contribution in [1.82, 2.24) is 19.4 Å². The summed E-state index contributed by atoms with van der Waals surface area (Å²) in [6.07, 6.45) is 3.75. The molecular weight excluding hydrogens is 276 g/mol. The Kier molecular flexibility index (Phi) is 2.69. The van der Waals surface area contributed by atoms with Crippen molar-refractivity contribution in [2.75, 3.05) is 7.11 Å². The van der Waals surface area contributed by atoms with Gasteiger partial charge < -0.3 is 9.72 Å². The summed E-state index contributed by atoms with van der Waals surface area (Å²) in [6.45, 7) is 4.05. The van der Waals surface area contributed by atoms with Crippen LogP contribution in [0.3, 0.4) is 0 Å². The average molecular weight is 292 g/mol. The lowest BCUT2D eigenvalue weighted by Gasteiger charge is -2.07. The van der Waals surface area contributed by atoms with E-state index in [4.69, 9.17) is 4.74 Å². The van der Waals surface area contributed by atoms with Crippen molar-refractivity contribution in [3.8, 4) is 17.0 Å². The summed E-state index contributed by atoms with van der Waals surface area (Å²) in [5, 5.41) is 0. The molecule has 3 heterocycles. The van der Waals surface area contributed by atoms with Crippen LogP contribution in [0.2, 0.25) is 0 Å². The SMILES string of the molecule is COc1ccc(-c2ncn3c2c(C)nc2[nH]ccc23)cc1C. The number of ether oxygens (including phenoxy) is 1. The van der Waals surface area contributed by atoms with E-state index < -0.39 is 0 Å². The molecule has 0 amide bonds. The number of imidazole rings is 1. The maximum atomic E-state index is 5.33. The lowest BCUT2D eigenvalue weighted by molar-refractivity contribution is 0.412. The van der Waals surface area contributed by atoms with Gasteiger partial charge in [-0.3, -0.25) is 4.40 Å². The van der Waals surface area contributed by atoms with Gasteiger partial charge >= 0.3 is 0 Å². The second-order valence-electron chi connectivity index (χ2n) is 5.40. The van der Waals surface area contributed by atoms with Gasteiger partial charge in [0.25, 0.3) is 0 Å². The van der Waals surface area contributed by atoms with Crippen LogP contribution in [0.15, 0.2) is 36.8 Å². The molecule has 0 saturated heterocycles. The van der Waals surface area contributed by atoms with E-state index in [1.54, 1.807) is 7.11 Å². The van der Waals surface area contributed by atoms with Gasteiger partial charge in [0.15, 0.2) is 5.65 Å². The number of rotatable bonds is 2. The summed E-state index contributed by atoms with van der Waals surface area (Å²) >= 11 is 0. The Morgan fingerprint density at radius 1 is 1.18 bits per heavy atom. The van der Waals surface area contributed by atoms with Gasteiger partial charge in [0, 0.05) is 11.8 Å². The molecule has 5 heteroatoms. The number of nitrogens with one attached hydrogen (secondary N) is 1. The zero-order chi connectivity index (χ0) is 15.3. The second kappa shape index (κ2) is 4.59. The fourth-order valence-electron chi connectivity index (χ4n) is 2.97. The van der Waals surface area contributed by atoms with Crippen molar-refractivity contribution in [2.45, 2.75) is 13.8 Å². The molecule has 0 unspecified atom stereocenters. The summed E-state index contributed by atoms with van der Waals surface area (Å²) in [4.78, 5) is 12.4. The Labute approximate surface area is 127 Å². The fourth-order valence-corrected chi connectivity index (χ4v) is 2.97. The van der Waals surface area contributed by atoms with E-state index in [1.807, 2.05) is 44.6 Å². The largest absolute Gasteiger partial charge is 0.496 e. The number of aromatic amines is 1. The van der Waals surface area contributed by atoms with Crippen LogP contribution in [0.5, 0.6) is 5.75 Å². The molecule has 110 valence electrons. The van der Waals surface area contributed by atoms with Crippen molar-refractivity contribution < 1.29 is 4.74 Å². The third kappa shape index (κ3) is 1.72. The maximum absolute atomic E-state index is 5.33. The summed E-state index contributed by atoms with van der Waals surface area (Å²) < 4.78 is 7.42. The molecule has 22 heavy (non-hydrogen) atoms. The number of hydrogen-bond donors (Lipinski definition) is 1. The maximum Gasteiger partial charge on any atom is 0.154 e. The molecular formula is C17H16N4O. The molecule has 0 atom stereocenters. The number of H-pyrrole nitrogens is 1. The van der Waals surface area contributed by atoms with Crippen LogP contribution in [0, 0.1) is 13.8 Å². The zero-order valence-electron chi connectivity index (χ0n) is 12.7. The molecule has 4 rings (SSSR count). The van der Waals surface area contributed by atoms with Gasteiger partial charge in [-0.2, -0.15) is 0 Å². The summed E-state index contributed by atoms with van der Waals surface area (Å²) in [5.74, 6) is 0.884. The highest BCUT2D eigenvalue weighted by atomic mass is 16.5. The van der Waals surface area contributed by atoms with Gasteiger partial charge in [0.2, 0.25) is 0 Å². The molecule has 0 spiro atoms. The van der Waals surface area contributed by atoms with E-state index in [-0.39, 0.29) is 0 Å². The van der Waals surface area contributed by atoms with E-state index in [1.165, 1.54) is 0 Å².